The van der Waals surface area contributed by atoms with Crippen molar-refractivity contribution in [3.8, 4) is 0 Å². The summed E-state index contributed by atoms with van der Waals surface area (Å²) in [4.78, 5) is 12.0. The zero-order valence-corrected chi connectivity index (χ0v) is 8.06. The van der Waals surface area contributed by atoms with E-state index < -0.39 is 5.54 Å². The Bertz CT molecular complexity index is 353. The van der Waals surface area contributed by atoms with E-state index in [4.69, 9.17) is 10.5 Å². The van der Waals surface area contributed by atoms with Gasteiger partial charge in [-0.15, -0.1) is 0 Å². The third-order valence-electron chi connectivity index (χ3n) is 2.56. The Morgan fingerprint density at radius 3 is 3.07 bits per heavy atom. The summed E-state index contributed by atoms with van der Waals surface area (Å²) in [6.07, 6.45) is 2.17. The molecule has 0 bridgehead atoms. The highest BCUT2D eigenvalue weighted by Gasteiger charge is 2.39. The van der Waals surface area contributed by atoms with Gasteiger partial charge in [-0.2, -0.15) is 5.10 Å². The van der Waals surface area contributed by atoms with E-state index in [1.54, 1.807) is 19.3 Å². The SMILES string of the molecule is Cn1nccc1C(=O)C1(N)CCOC1. The smallest absolute Gasteiger partial charge is 0.203 e. The average molecular weight is 195 g/mol. The summed E-state index contributed by atoms with van der Waals surface area (Å²) in [5.41, 5.74) is 5.63. The fraction of sp³-hybridized carbons (Fsp3) is 0.556. The van der Waals surface area contributed by atoms with E-state index in [-0.39, 0.29) is 5.78 Å². The maximum Gasteiger partial charge on any atom is 0.203 e. The lowest BCUT2D eigenvalue weighted by Crippen LogP contribution is -2.49. The first-order valence-electron chi connectivity index (χ1n) is 4.53. The van der Waals surface area contributed by atoms with Gasteiger partial charge in [0.25, 0.3) is 0 Å². The lowest BCUT2D eigenvalue weighted by molar-refractivity contribution is 0.0853. The first kappa shape index (κ1) is 9.36. The molecule has 2 N–H and O–H groups in total. The molecule has 1 aliphatic heterocycles. The third kappa shape index (κ3) is 1.34. The quantitative estimate of drug-likeness (QED) is 0.659. The fourth-order valence-electron chi connectivity index (χ4n) is 1.61. The van der Waals surface area contributed by atoms with Gasteiger partial charge in [-0.05, 0) is 12.5 Å². The number of ether oxygens (including phenoxy) is 1. The highest BCUT2D eigenvalue weighted by atomic mass is 16.5. The lowest BCUT2D eigenvalue weighted by Gasteiger charge is -2.19. The Hall–Kier alpha value is -1.20. The van der Waals surface area contributed by atoms with E-state index in [1.165, 1.54) is 4.68 Å². The van der Waals surface area contributed by atoms with Crippen molar-refractivity contribution in [2.45, 2.75) is 12.0 Å². The van der Waals surface area contributed by atoms with E-state index in [0.717, 1.165) is 0 Å². The van der Waals surface area contributed by atoms with Crippen LogP contribution in [0.5, 0.6) is 0 Å². The van der Waals surface area contributed by atoms with Crippen LogP contribution in [0.4, 0.5) is 0 Å². The van der Waals surface area contributed by atoms with Crippen molar-refractivity contribution < 1.29 is 9.53 Å². The summed E-state index contributed by atoms with van der Waals surface area (Å²) in [7, 11) is 1.73. The molecule has 76 valence electrons. The van der Waals surface area contributed by atoms with Gasteiger partial charge in [-0.25, -0.2) is 0 Å². The summed E-state index contributed by atoms with van der Waals surface area (Å²) >= 11 is 0. The van der Waals surface area contributed by atoms with Crippen LogP contribution in [-0.4, -0.2) is 34.3 Å². The van der Waals surface area contributed by atoms with Gasteiger partial charge >= 0.3 is 0 Å². The first-order valence-corrected chi connectivity index (χ1v) is 4.53. The highest BCUT2D eigenvalue weighted by Crippen LogP contribution is 2.20. The minimum Gasteiger partial charge on any atom is -0.379 e. The molecule has 0 amide bonds. The number of aryl methyl sites for hydroxylation is 1. The maximum atomic E-state index is 12.0. The number of nitrogens with zero attached hydrogens (tertiary/aromatic N) is 2. The topological polar surface area (TPSA) is 70.1 Å². The molecule has 0 aliphatic carbocycles. The molecule has 0 aromatic carbocycles. The molecule has 1 aliphatic rings. The fourth-order valence-corrected chi connectivity index (χ4v) is 1.61. The van der Waals surface area contributed by atoms with E-state index >= 15 is 0 Å². The molecule has 2 rings (SSSR count). The number of nitrogens with two attached hydrogens (primary N) is 1. The number of ketones is 1. The molecule has 2 heterocycles. The van der Waals surface area contributed by atoms with Crippen LogP contribution in [0.15, 0.2) is 12.3 Å². The van der Waals surface area contributed by atoms with Crippen molar-refractivity contribution in [2.75, 3.05) is 13.2 Å². The summed E-state index contributed by atoms with van der Waals surface area (Å²) in [5, 5.41) is 3.94. The van der Waals surface area contributed by atoms with Crippen molar-refractivity contribution in [3.05, 3.63) is 18.0 Å². The minimum absolute atomic E-state index is 0.0880. The van der Waals surface area contributed by atoms with Crippen LogP contribution in [0.1, 0.15) is 16.9 Å². The van der Waals surface area contributed by atoms with Gasteiger partial charge in [0.1, 0.15) is 11.2 Å². The van der Waals surface area contributed by atoms with Gasteiger partial charge in [0.2, 0.25) is 5.78 Å². The summed E-state index contributed by atoms with van der Waals surface area (Å²) in [6.45, 7) is 0.858. The van der Waals surface area contributed by atoms with Gasteiger partial charge in [-0.1, -0.05) is 0 Å². The largest absolute Gasteiger partial charge is 0.379 e. The standard InChI is InChI=1S/C9H13N3O2/c1-12-7(2-4-11-12)8(13)9(10)3-5-14-6-9/h2,4H,3,5-6,10H2,1H3. The molecule has 1 saturated heterocycles. The number of aromatic nitrogens is 2. The van der Waals surface area contributed by atoms with Crippen molar-refractivity contribution in [2.24, 2.45) is 12.8 Å². The second kappa shape index (κ2) is 3.18. The molecule has 1 atom stereocenters. The zero-order valence-electron chi connectivity index (χ0n) is 8.06. The Morgan fingerprint density at radius 1 is 1.79 bits per heavy atom. The molecule has 1 aromatic heterocycles. The number of hydrogen-bond donors (Lipinski definition) is 1. The number of rotatable bonds is 2. The highest BCUT2D eigenvalue weighted by molar-refractivity contribution is 6.02. The van der Waals surface area contributed by atoms with Gasteiger partial charge in [-0.3, -0.25) is 9.48 Å². The molecule has 14 heavy (non-hydrogen) atoms. The van der Waals surface area contributed by atoms with Gasteiger partial charge in [0.05, 0.1) is 6.61 Å². The molecule has 0 saturated carbocycles. The predicted octanol–water partition coefficient (Wildman–Crippen LogP) is -0.279. The monoisotopic (exact) mass is 195 g/mol. The van der Waals surface area contributed by atoms with Crippen LogP contribution in [0, 0.1) is 0 Å². The molecule has 0 radical (unpaired) electrons. The van der Waals surface area contributed by atoms with Crippen LogP contribution in [0.25, 0.3) is 0 Å². The van der Waals surface area contributed by atoms with Crippen LogP contribution in [-0.2, 0) is 11.8 Å². The zero-order chi connectivity index (χ0) is 10.2. The Kier molecular flexibility index (Phi) is 2.13. The minimum atomic E-state index is -0.853. The van der Waals surface area contributed by atoms with Crippen molar-refractivity contribution >= 4 is 5.78 Å². The average Bonchev–Trinajstić information content (AvgIpc) is 2.74. The second-order valence-corrected chi connectivity index (χ2v) is 3.63. The normalized spacial score (nSPS) is 26.7. The molecule has 0 spiro atoms. The third-order valence-corrected chi connectivity index (χ3v) is 2.56. The molecule has 5 nitrogen and oxygen atoms in total. The van der Waals surface area contributed by atoms with Crippen molar-refractivity contribution in [3.63, 3.8) is 0 Å². The Balaban J connectivity index is 2.28. The van der Waals surface area contributed by atoms with Crippen LogP contribution in [0.3, 0.4) is 0 Å². The molecular formula is C9H13N3O2. The first-order chi connectivity index (χ1) is 6.63. The van der Waals surface area contributed by atoms with Gasteiger partial charge in [0, 0.05) is 19.9 Å². The molecule has 1 aromatic rings. The molecular weight excluding hydrogens is 182 g/mol. The molecule has 1 unspecified atom stereocenters. The Labute approximate surface area is 81.8 Å². The van der Waals surface area contributed by atoms with Crippen molar-refractivity contribution in [1.82, 2.24) is 9.78 Å². The second-order valence-electron chi connectivity index (χ2n) is 3.63. The van der Waals surface area contributed by atoms with Crippen LogP contribution < -0.4 is 5.73 Å². The van der Waals surface area contributed by atoms with Crippen LogP contribution >= 0.6 is 0 Å². The maximum absolute atomic E-state index is 12.0. The summed E-state index contributed by atoms with van der Waals surface area (Å²) in [6, 6.07) is 1.68. The number of carbonyl (C=O) groups excluding carboxylic acids is 1. The summed E-state index contributed by atoms with van der Waals surface area (Å²) < 4.78 is 6.68. The van der Waals surface area contributed by atoms with Crippen LogP contribution in [0.2, 0.25) is 0 Å². The summed E-state index contributed by atoms with van der Waals surface area (Å²) in [5.74, 6) is -0.0880. The number of hydrogen-bond acceptors (Lipinski definition) is 4. The molecule has 1 fully saturated rings. The Morgan fingerprint density at radius 2 is 2.57 bits per heavy atom. The van der Waals surface area contributed by atoms with E-state index in [0.29, 0.717) is 25.3 Å². The van der Waals surface area contributed by atoms with Gasteiger partial charge < -0.3 is 10.5 Å². The van der Waals surface area contributed by atoms with Gasteiger partial charge in [0.15, 0.2) is 0 Å². The number of carbonyl (C=O) groups is 1. The van der Waals surface area contributed by atoms with E-state index in [2.05, 4.69) is 5.10 Å². The predicted molar refractivity (Wildman–Crippen MR) is 49.9 cm³/mol. The van der Waals surface area contributed by atoms with E-state index in [9.17, 15) is 4.79 Å². The van der Waals surface area contributed by atoms with E-state index in [1.807, 2.05) is 0 Å². The van der Waals surface area contributed by atoms with Crippen molar-refractivity contribution in [1.29, 1.82) is 0 Å². The number of Topliss-reactive ketones (excluding diaryl/α,β-unsaturated/α-hetero) is 1. The lowest BCUT2D eigenvalue weighted by atomic mass is 9.92. The molecule has 5 heteroatoms.